The molecule has 1 N–H and O–H groups in total. The number of amides is 1. The number of nitrogens with one attached hydrogen (secondary N) is 1. The molecule has 0 saturated heterocycles. The van der Waals surface area contributed by atoms with Gasteiger partial charge in [-0.2, -0.15) is 0 Å². The number of hydrogen-bond acceptors (Lipinski definition) is 2. The van der Waals surface area contributed by atoms with Gasteiger partial charge in [-0.3, -0.25) is 4.79 Å². The van der Waals surface area contributed by atoms with Gasteiger partial charge in [-0.15, -0.1) is 0 Å². The average molecular weight is 208 g/mol. The molecule has 0 aromatic heterocycles. The third-order valence-corrected chi connectivity index (χ3v) is 2.61. The summed E-state index contributed by atoms with van der Waals surface area (Å²) < 4.78 is 13.4. The smallest absolute Gasteiger partial charge is 0.224 e. The van der Waals surface area contributed by atoms with Crippen LogP contribution in [0.3, 0.4) is 0 Å². The van der Waals surface area contributed by atoms with Gasteiger partial charge >= 0.3 is 0 Å². The Hall–Kier alpha value is -1.58. The van der Waals surface area contributed by atoms with Gasteiger partial charge in [0.25, 0.3) is 0 Å². The first-order valence-corrected chi connectivity index (χ1v) is 4.93. The van der Waals surface area contributed by atoms with E-state index in [1.807, 2.05) is 6.92 Å². The van der Waals surface area contributed by atoms with Crippen molar-refractivity contribution in [2.24, 2.45) is 0 Å². The van der Waals surface area contributed by atoms with E-state index >= 15 is 0 Å². The summed E-state index contributed by atoms with van der Waals surface area (Å²) in [7, 11) is 0. The van der Waals surface area contributed by atoms with Crippen molar-refractivity contribution >= 4 is 17.3 Å². The van der Waals surface area contributed by atoms with E-state index in [1.165, 1.54) is 13.0 Å². The fourth-order valence-corrected chi connectivity index (χ4v) is 1.95. The summed E-state index contributed by atoms with van der Waals surface area (Å²) in [5, 5.41) is 3.00. The maximum absolute atomic E-state index is 13.4. The quantitative estimate of drug-likeness (QED) is 0.707. The molecule has 1 aliphatic rings. The van der Waals surface area contributed by atoms with E-state index < -0.39 is 0 Å². The van der Waals surface area contributed by atoms with Crippen molar-refractivity contribution in [1.82, 2.24) is 0 Å². The summed E-state index contributed by atoms with van der Waals surface area (Å²) in [4.78, 5) is 13.1. The third-order valence-electron chi connectivity index (χ3n) is 2.61. The summed E-state index contributed by atoms with van der Waals surface area (Å²) in [6.07, 6.45) is 0. The monoisotopic (exact) mass is 208 g/mol. The fraction of sp³-hybridized carbons (Fsp3) is 0.364. The standard InChI is InChI=1S/C11H13FN2O/c1-7-6-13-11-9(12)4-3-5-10(11)14(7)8(2)15/h3-5,7,13H,6H2,1-2H3/t7-/m0/s1. The van der Waals surface area contributed by atoms with Gasteiger partial charge in [0.2, 0.25) is 5.91 Å². The van der Waals surface area contributed by atoms with Crippen molar-refractivity contribution < 1.29 is 9.18 Å². The molecule has 0 aliphatic carbocycles. The van der Waals surface area contributed by atoms with E-state index in [2.05, 4.69) is 5.32 Å². The minimum atomic E-state index is -0.314. The zero-order valence-electron chi connectivity index (χ0n) is 8.75. The number of hydrogen-bond donors (Lipinski definition) is 1. The van der Waals surface area contributed by atoms with E-state index in [9.17, 15) is 9.18 Å². The van der Waals surface area contributed by atoms with Crippen LogP contribution in [0.4, 0.5) is 15.8 Å². The van der Waals surface area contributed by atoms with Gasteiger partial charge in [0.1, 0.15) is 5.82 Å². The molecular weight excluding hydrogens is 195 g/mol. The van der Waals surface area contributed by atoms with E-state index in [-0.39, 0.29) is 17.8 Å². The molecule has 0 unspecified atom stereocenters. The van der Waals surface area contributed by atoms with E-state index in [0.29, 0.717) is 17.9 Å². The molecule has 0 spiro atoms. The van der Waals surface area contributed by atoms with Crippen molar-refractivity contribution in [2.45, 2.75) is 19.9 Å². The average Bonchev–Trinajstić information content (AvgIpc) is 2.17. The van der Waals surface area contributed by atoms with Crippen LogP contribution in [0.25, 0.3) is 0 Å². The van der Waals surface area contributed by atoms with Gasteiger partial charge < -0.3 is 10.2 Å². The van der Waals surface area contributed by atoms with E-state index in [4.69, 9.17) is 0 Å². The van der Waals surface area contributed by atoms with Crippen LogP contribution in [0.15, 0.2) is 18.2 Å². The maximum Gasteiger partial charge on any atom is 0.224 e. The second-order valence-corrected chi connectivity index (χ2v) is 3.75. The third kappa shape index (κ3) is 1.56. The minimum absolute atomic E-state index is 0.0526. The highest BCUT2D eigenvalue weighted by Gasteiger charge is 2.27. The maximum atomic E-state index is 13.4. The second kappa shape index (κ2) is 3.53. The van der Waals surface area contributed by atoms with Crippen molar-refractivity contribution in [2.75, 3.05) is 16.8 Å². The molecule has 1 aromatic carbocycles. The van der Waals surface area contributed by atoms with Gasteiger partial charge in [0, 0.05) is 13.5 Å². The number of anilines is 2. The lowest BCUT2D eigenvalue weighted by Gasteiger charge is -2.35. The molecule has 1 amide bonds. The summed E-state index contributed by atoms with van der Waals surface area (Å²) >= 11 is 0. The first-order valence-electron chi connectivity index (χ1n) is 4.93. The predicted octanol–water partition coefficient (Wildman–Crippen LogP) is 1.99. The molecule has 1 aliphatic heterocycles. The number of carbonyl (C=O) groups is 1. The molecule has 2 rings (SSSR count). The van der Waals surface area contributed by atoms with E-state index in [1.54, 1.807) is 17.0 Å². The Balaban J connectivity index is 2.53. The Morgan fingerprint density at radius 1 is 1.60 bits per heavy atom. The Labute approximate surface area is 87.9 Å². The number of rotatable bonds is 0. The Bertz CT molecular complexity index is 406. The molecule has 3 nitrogen and oxygen atoms in total. The molecule has 80 valence electrons. The highest BCUT2D eigenvalue weighted by Crippen LogP contribution is 2.33. The Morgan fingerprint density at radius 2 is 2.33 bits per heavy atom. The molecule has 1 atom stereocenters. The normalized spacial score (nSPS) is 19.4. The highest BCUT2D eigenvalue weighted by molar-refractivity contribution is 5.96. The van der Waals surface area contributed by atoms with E-state index in [0.717, 1.165) is 0 Å². The van der Waals surface area contributed by atoms with Crippen LogP contribution in [0, 0.1) is 5.82 Å². The SMILES string of the molecule is CC(=O)N1c2cccc(F)c2NC[C@@H]1C. The van der Waals surface area contributed by atoms with Gasteiger partial charge in [0.15, 0.2) is 0 Å². The van der Waals surface area contributed by atoms with Crippen LogP contribution >= 0.6 is 0 Å². The first-order chi connectivity index (χ1) is 7.11. The molecule has 0 saturated carbocycles. The van der Waals surface area contributed by atoms with Crippen molar-refractivity contribution in [3.63, 3.8) is 0 Å². The van der Waals surface area contributed by atoms with Crippen LogP contribution in [0.1, 0.15) is 13.8 Å². The van der Waals surface area contributed by atoms with Gasteiger partial charge in [0.05, 0.1) is 17.4 Å². The van der Waals surface area contributed by atoms with Crippen LogP contribution in [-0.4, -0.2) is 18.5 Å². The summed E-state index contributed by atoms with van der Waals surface area (Å²) in [5.74, 6) is -0.374. The summed E-state index contributed by atoms with van der Waals surface area (Å²) in [5.41, 5.74) is 1.05. The fourth-order valence-electron chi connectivity index (χ4n) is 1.95. The van der Waals surface area contributed by atoms with Crippen molar-refractivity contribution in [1.29, 1.82) is 0 Å². The zero-order valence-corrected chi connectivity index (χ0v) is 8.75. The molecule has 1 aromatic rings. The van der Waals surface area contributed by atoms with Crippen molar-refractivity contribution in [3.05, 3.63) is 24.0 Å². The van der Waals surface area contributed by atoms with Crippen LogP contribution < -0.4 is 10.2 Å². The van der Waals surface area contributed by atoms with Crippen LogP contribution in [-0.2, 0) is 4.79 Å². The Morgan fingerprint density at radius 3 is 3.00 bits per heavy atom. The summed E-state index contributed by atoms with van der Waals surface area (Å²) in [6.45, 7) is 4.01. The summed E-state index contributed by atoms with van der Waals surface area (Å²) in [6, 6.07) is 4.81. The van der Waals surface area contributed by atoms with Gasteiger partial charge in [-0.1, -0.05) is 6.07 Å². The zero-order chi connectivity index (χ0) is 11.0. The highest BCUT2D eigenvalue weighted by atomic mass is 19.1. The lowest BCUT2D eigenvalue weighted by molar-refractivity contribution is -0.116. The van der Waals surface area contributed by atoms with Crippen LogP contribution in [0.2, 0.25) is 0 Å². The molecule has 0 bridgehead atoms. The molecule has 0 radical (unpaired) electrons. The minimum Gasteiger partial charge on any atom is -0.379 e. The number of carbonyl (C=O) groups excluding carboxylic acids is 1. The number of halogens is 1. The molecule has 1 heterocycles. The number of nitrogens with zero attached hydrogens (tertiary/aromatic N) is 1. The number of benzene rings is 1. The topological polar surface area (TPSA) is 32.3 Å². The molecule has 4 heteroatoms. The molecular formula is C11H13FN2O. The molecule has 15 heavy (non-hydrogen) atoms. The molecule has 0 fully saturated rings. The number of para-hydroxylation sites is 1. The predicted molar refractivity (Wildman–Crippen MR) is 57.5 cm³/mol. The first kappa shape index (κ1) is 9.96. The number of fused-ring (bicyclic) bond motifs is 1. The Kier molecular flexibility index (Phi) is 2.34. The van der Waals surface area contributed by atoms with Gasteiger partial charge in [-0.25, -0.2) is 4.39 Å². The lowest BCUT2D eigenvalue weighted by Crippen LogP contribution is -2.45. The lowest BCUT2D eigenvalue weighted by atomic mass is 10.1. The van der Waals surface area contributed by atoms with Gasteiger partial charge in [-0.05, 0) is 19.1 Å². The van der Waals surface area contributed by atoms with Crippen molar-refractivity contribution in [3.8, 4) is 0 Å². The van der Waals surface area contributed by atoms with Crippen LogP contribution in [0.5, 0.6) is 0 Å². The second-order valence-electron chi connectivity index (χ2n) is 3.75. The largest absolute Gasteiger partial charge is 0.379 e.